The number of aliphatic imine (C=N–C) groups is 5. The Labute approximate surface area is 365 Å². The Balaban J connectivity index is 3.40. The fraction of sp³-hybridized carbons (Fsp3) is 0.686. The quantitative estimate of drug-likeness (QED) is 0.0181. The van der Waals surface area contributed by atoms with Crippen LogP contribution in [-0.4, -0.2) is 151 Å². The van der Waals surface area contributed by atoms with Gasteiger partial charge in [-0.15, -0.1) is 0 Å². The molecule has 1 rings (SSSR count). The van der Waals surface area contributed by atoms with Crippen LogP contribution < -0.4 is 84.3 Å². The lowest BCUT2D eigenvalue weighted by Crippen LogP contribution is -2.59. The molecule has 0 saturated carbocycles. The first kappa shape index (κ1) is 54.1. The van der Waals surface area contributed by atoms with Crippen molar-refractivity contribution in [2.75, 3.05) is 39.3 Å². The van der Waals surface area contributed by atoms with Gasteiger partial charge in [0.1, 0.15) is 30.2 Å². The molecule has 0 aromatic rings. The van der Waals surface area contributed by atoms with E-state index < -0.39 is 71.8 Å². The van der Waals surface area contributed by atoms with Crippen LogP contribution in [0.3, 0.4) is 0 Å². The van der Waals surface area contributed by atoms with Crippen molar-refractivity contribution >= 4 is 65.3 Å². The summed E-state index contributed by atoms with van der Waals surface area (Å²) in [5.41, 5.74) is 60.4. The van der Waals surface area contributed by atoms with E-state index in [9.17, 15) is 33.9 Å². The van der Waals surface area contributed by atoms with Gasteiger partial charge in [0.05, 0.1) is 6.04 Å². The maximum atomic E-state index is 14.1. The standard InChI is InChI=1S/C35H69N21O7/c36-19(7-1-13-47-31(37)38)29(61)56-18-6-12-24(56)28(60)54-22(10-4-16-50-34(43)44)26(58)52-20(8-2-14-48-32(39)40)25(57)53-21(9-3-15-49-33(41)42)27(59)55-23(30(62)63)11-5-17-51-35(45)46/h19-24H,1-18,36H2,(H,52,58)(H,53,57)(H,54,60)(H,55,59)(H,62,63)(H4,37,38,47)(H4,39,40,48)(H4,41,42,49)(H4,43,44,50)(H4,45,46,51). The van der Waals surface area contributed by atoms with Gasteiger partial charge in [-0.1, -0.05) is 0 Å². The summed E-state index contributed by atoms with van der Waals surface area (Å²) in [4.78, 5) is 102. The molecule has 0 aliphatic carbocycles. The van der Waals surface area contributed by atoms with Crippen LogP contribution >= 0.6 is 0 Å². The van der Waals surface area contributed by atoms with Crippen molar-refractivity contribution in [3.63, 3.8) is 0 Å². The van der Waals surface area contributed by atoms with Gasteiger partial charge in [0.15, 0.2) is 29.8 Å². The van der Waals surface area contributed by atoms with Crippen molar-refractivity contribution in [2.24, 2.45) is 88.0 Å². The molecule has 0 aromatic carbocycles. The minimum absolute atomic E-state index is 0.00273. The molecule has 5 amide bonds. The summed E-state index contributed by atoms with van der Waals surface area (Å²) >= 11 is 0. The molecule has 1 aliphatic heterocycles. The number of nitrogens with zero attached hydrogens (tertiary/aromatic N) is 6. The van der Waals surface area contributed by atoms with Gasteiger partial charge in [0.2, 0.25) is 29.5 Å². The third kappa shape index (κ3) is 23.1. The van der Waals surface area contributed by atoms with Crippen molar-refractivity contribution in [3.8, 4) is 0 Å². The van der Waals surface area contributed by atoms with Crippen LogP contribution in [0.5, 0.6) is 0 Å². The number of carboxylic acids is 1. The summed E-state index contributed by atoms with van der Waals surface area (Å²) in [5.74, 6) is -5.78. The van der Waals surface area contributed by atoms with Gasteiger partial charge in [-0.05, 0) is 77.0 Å². The summed E-state index contributed by atoms with van der Waals surface area (Å²) in [6, 6.07) is -7.20. The van der Waals surface area contributed by atoms with E-state index in [4.69, 9.17) is 63.1 Å². The molecule has 0 radical (unpaired) electrons. The summed E-state index contributed by atoms with van der Waals surface area (Å²) in [6.45, 7) is 0.840. The SMILES string of the molecule is NC(N)=NCCCC(N)C(=O)N1CCCC1C(=O)NC(CCCN=C(N)N)C(=O)NC(CCCN=C(N)N)C(=O)NC(CCCN=C(N)N)C(=O)NC(CCCN=C(N)N)C(=O)O. The summed E-state index contributed by atoms with van der Waals surface area (Å²) in [7, 11) is 0. The topological polar surface area (TPSA) is 522 Å². The predicted molar refractivity (Wildman–Crippen MR) is 238 cm³/mol. The van der Waals surface area contributed by atoms with E-state index in [1.165, 1.54) is 4.90 Å². The van der Waals surface area contributed by atoms with E-state index in [0.717, 1.165) is 0 Å². The molecule has 1 fully saturated rings. The van der Waals surface area contributed by atoms with E-state index in [0.29, 0.717) is 19.3 Å². The van der Waals surface area contributed by atoms with Gasteiger partial charge in [-0.3, -0.25) is 48.9 Å². The second-order valence-corrected chi connectivity index (χ2v) is 14.6. The number of amides is 5. The Kier molecular flexibility index (Phi) is 25.3. The second kappa shape index (κ2) is 29.4. The fourth-order valence-electron chi connectivity index (χ4n) is 6.32. The van der Waals surface area contributed by atoms with Gasteiger partial charge >= 0.3 is 5.97 Å². The molecule has 1 saturated heterocycles. The number of carboxylic acid groups (broad SMARTS) is 1. The number of rotatable bonds is 30. The summed E-state index contributed by atoms with van der Waals surface area (Å²) < 4.78 is 0. The Morgan fingerprint density at radius 2 is 0.825 bits per heavy atom. The molecule has 1 aliphatic rings. The second-order valence-electron chi connectivity index (χ2n) is 14.6. The van der Waals surface area contributed by atoms with Crippen LogP contribution in [0.1, 0.15) is 77.0 Å². The minimum atomic E-state index is -1.38. The number of hydrogen-bond acceptors (Lipinski definition) is 12. The third-order valence-corrected chi connectivity index (χ3v) is 9.42. The molecule has 28 heteroatoms. The monoisotopic (exact) mass is 896 g/mol. The van der Waals surface area contributed by atoms with Gasteiger partial charge in [0.25, 0.3) is 0 Å². The highest BCUT2D eigenvalue weighted by Crippen LogP contribution is 2.20. The summed E-state index contributed by atoms with van der Waals surface area (Å²) in [6.07, 6.45) is 2.06. The van der Waals surface area contributed by atoms with Crippen molar-refractivity contribution in [1.82, 2.24) is 26.2 Å². The van der Waals surface area contributed by atoms with Crippen LogP contribution in [0.4, 0.5) is 0 Å². The van der Waals surface area contributed by atoms with Crippen LogP contribution in [0, 0.1) is 0 Å². The number of hydrogen-bond donors (Lipinski definition) is 16. The maximum absolute atomic E-state index is 14.1. The van der Waals surface area contributed by atoms with Crippen LogP contribution in [0.25, 0.3) is 0 Å². The Bertz CT molecular complexity index is 1650. The molecule has 356 valence electrons. The molecular formula is C35H69N21O7. The predicted octanol–water partition coefficient (Wildman–Crippen LogP) is -7.40. The molecule has 6 atom stereocenters. The zero-order valence-electron chi connectivity index (χ0n) is 35.6. The van der Waals surface area contributed by atoms with Gasteiger partial charge < -0.3 is 94.3 Å². The smallest absolute Gasteiger partial charge is 0.326 e. The molecule has 63 heavy (non-hydrogen) atoms. The van der Waals surface area contributed by atoms with E-state index >= 15 is 0 Å². The number of likely N-dealkylation sites (tertiary alicyclic amines) is 1. The average molecular weight is 896 g/mol. The largest absolute Gasteiger partial charge is 0.480 e. The van der Waals surface area contributed by atoms with Gasteiger partial charge in [-0.2, -0.15) is 0 Å². The van der Waals surface area contributed by atoms with Crippen molar-refractivity contribution in [2.45, 2.75) is 113 Å². The van der Waals surface area contributed by atoms with E-state index in [1.54, 1.807) is 0 Å². The van der Waals surface area contributed by atoms with Crippen molar-refractivity contribution < 1.29 is 33.9 Å². The van der Waals surface area contributed by atoms with Gasteiger partial charge in [-0.25, -0.2) is 4.79 Å². The number of guanidine groups is 5. The Morgan fingerprint density at radius 1 is 0.508 bits per heavy atom. The Morgan fingerprint density at radius 3 is 1.17 bits per heavy atom. The molecule has 0 spiro atoms. The first-order valence-corrected chi connectivity index (χ1v) is 20.5. The highest BCUT2D eigenvalue weighted by molar-refractivity contribution is 5.96. The first-order chi connectivity index (χ1) is 29.7. The molecule has 0 aromatic heterocycles. The van der Waals surface area contributed by atoms with E-state index in [2.05, 4.69) is 46.2 Å². The Hall–Kier alpha value is -6.87. The molecule has 6 unspecified atom stereocenters. The molecular weight excluding hydrogens is 827 g/mol. The molecule has 27 N–H and O–H groups in total. The first-order valence-electron chi connectivity index (χ1n) is 20.5. The fourth-order valence-corrected chi connectivity index (χ4v) is 6.32. The lowest BCUT2D eigenvalue weighted by Gasteiger charge is -2.29. The van der Waals surface area contributed by atoms with Crippen LogP contribution in [0.2, 0.25) is 0 Å². The lowest BCUT2D eigenvalue weighted by molar-refractivity contribution is -0.142. The molecule has 0 bridgehead atoms. The normalized spacial score (nSPS) is 15.4. The zero-order chi connectivity index (χ0) is 47.5. The highest BCUT2D eigenvalue weighted by Gasteiger charge is 2.38. The minimum Gasteiger partial charge on any atom is -0.480 e. The van der Waals surface area contributed by atoms with E-state index in [1.807, 2.05) is 0 Å². The van der Waals surface area contributed by atoms with Crippen molar-refractivity contribution in [1.29, 1.82) is 0 Å². The number of nitrogens with two attached hydrogens (primary N) is 11. The zero-order valence-corrected chi connectivity index (χ0v) is 35.6. The third-order valence-electron chi connectivity index (χ3n) is 9.42. The summed E-state index contributed by atoms with van der Waals surface area (Å²) in [5, 5.41) is 20.3. The highest BCUT2D eigenvalue weighted by atomic mass is 16.4. The van der Waals surface area contributed by atoms with E-state index in [-0.39, 0.29) is 127 Å². The number of aliphatic carboxylic acids is 1. The molecule has 28 nitrogen and oxygen atoms in total. The maximum Gasteiger partial charge on any atom is 0.326 e. The number of carbonyl (C=O) groups is 6. The lowest BCUT2D eigenvalue weighted by atomic mass is 10.0. The van der Waals surface area contributed by atoms with Gasteiger partial charge in [0, 0.05) is 39.3 Å². The van der Waals surface area contributed by atoms with Crippen LogP contribution in [-0.2, 0) is 28.8 Å². The molecule has 1 heterocycles. The number of carbonyl (C=O) groups excluding carboxylic acids is 5. The number of nitrogens with one attached hydrogen (secondary N) is 4. The average Bonchev–Trinajstić information content (AvgIpc) is 3.70. The van der Waals surface area contributed by atoms with Crippen LogP contribution in [0.15, 0.2) is 25.0 Å². The van der Waals surface area contributed by atoms with Crippen molar-refractivity contribution in [3.05, 3.63) is 0 Å².